The topological polar surface area (TPSA) is 26.7 Å². The van der Waals surface area contributed by atoms with Gasteiger partial charge in [0.05, 0.1) is 12.1 Å². The highest BCUT2D eigenvalue weighted by Crippen LogP contribution is 2.41. The first-order chi connectivity index (χ1) is 12.8. The molecule has 0 amide bonds. The van der Waals surface area contributed by atoms with Crippen molar-refractivity contribution in [2.24, 2.45) is 0 Å². The zero-order valence-electron chi connectivity index (χ0n) is 15.2. The second-order valence-corrected chi connectivity index (χ2v) is 8.29. The summed E-state index contributed by atoms with van der Waals surface area (Å²) >= 11 is 0. The fourth-order valence-corrected chi connectivity index (χ4v) is 5.55. The SMILES string of the molecule is OC1C[C@H]2CC[C@@H](C1)N2C1CN(C(c2ccccc2)c2ccccc2)C1. The molecule has 3 heterocycles. The van der Waals surface area contributed by atoms with Crippen molar-refractivity contribution in [3.05, 3.63) is 71.8 Å². The average Bonchev–Trinajstić information content (AvgIpc) is 2.89. The van der Waals surface area contributed by atoms with Crippen LogP contribution in [0.4, 0.5) is 0 Å². The van der Waals surface area contributed by atoms with Crippen LogP contribution in [0.1, 0.15) is 42.9 Å². The minimum absolute atomic E-state index is 0.0682. The molecule has 3 saturated heterocycles. The Labute approximate surface area is 156 Å². The molecule has 1 unspecified atom stereocenters. The van der Waals surface area contributed by atoms with E-state index in [9.17, 15) is 5.11 Å². The summed E-state index contributed by atoms with van der Waals surface area (Å²) in [5.74, 6) is 0. The maximum atomic E-state index is 10.1. The van der Waals surface area contributed by atoms with Crippen molar-refractivity contribution in [3.8, 4) is 0 Å². The van der Waals surface area contributed by atoms with Crippen LogP contribution in [0.5, 0.6) is 0 Å². The third kappa shape index (κ3) is 2.88. The van der Waals surface area contributed by atoms with E-state index in [2.05, 4.69) is 70.5 Å². The summed E-state index contributed by atoms with van der Waals surface area (Å²) < 4.78 is 0. The van der Waals surface area contributed by atoms with Crippen LogP contribution in [-0.2, 0) is 0 Å². The van der Waals surface area contributed by atoms with Crippen LogP contribution in [0.15, 0.2) is 60.7 Å². The molecule has 3 fully saturated rings. The molecule has 3 atom stereocenters. The first-order valence-electron chi connectivity index (χ1n) is 10.1. The van der Waals surface area contributed by atoms with E-state index in [1.54, 1.807) is 0 Å². The fraction of sp³-hybridized carbons (Fsp3) is 0.478. The fourth-order valence-electron chi connectivity index (χ4n) is 5.55. The molecule has 0 aliphatic carbocycles. The molecule has 3 nitrogen and oxygen atoms in total. The molecule has 3 heteroatoms. The molecule has 26 heavy (non-hydrogen) atoms. The van der Waals surface area contributed by atoms with Crippen molar-refractivity contribution in [2.75, 3.05) is 13.1 Å². The number of fused-ring (bicyclic) bond motifs is 2. The largest absolute Gasteiger partial charge is 0.393 e. The zero-order chi connectivity index (χ0) is 17.5. The van der Waals surface area contributed by atoms with Crippen molar-refractivity contribution in [3.63, 3.8) is 0 Å². The predicted molar refractivity (Wildman–Crippen MR) is 104 cm³/mol. The summed E-state index contributed by atoms with van der Waals surface area (Å²) in [5.41, 5.74) is 2.77. The van der Waals surface area contributed by atoms with Crippen LogP contribution >= 0.6 is 0 Å². The molecule has 2 aromatic rings. The van der Waals surface area contributed by atoms with E-state index in [0.29, 0.717) is 24.2 Å². The Morgan fingerprint density at radius 1 is 0.731 bits per heavy atom. The molecule has 1 N–H and O–H groups in total. The maximum Gasteiger partial charge on any atom is 0.0602 e. The van der Waals surface area contributed by atoms with Crippen molar-refractivity contribution in [2.45, 2.75) is 56.0 Å². The molecule has 3 aliphatic heterocycles. The molecule has 0 aromatic heterocycles. The number of hydrogen-bond donors (Lipinski definition) is 1. The Bertz CT molecular complexity index is 675. The Hall–Kier alpha value is -1.68. The van der Waals surface area contributed by atoms with E-state index in [-0.39, 0.29) is 6.10 Å². The number of aliphatic hydroxyl groups is 1. The van der Waals surface area contributed by atoms with Gasteiger partial charge in [-0.2, -0.15) is 0 Å². The van der Waals surface area contributed by atoms with E-state index in [0.717, 1.165) is 25.9 Å². The van der Waals surface area contributed by atoms with Crippen molar-refractivity contribution in [1.29, 1.82) is 0 Å². The Morgan fingerprint density at radius 2 is 1.23 bits per heavy atom. The zero-order valence-corrected chi connectivity index (χ0v) is 15.2. The molecular formula is C23H28N2O. The number of hydrogen-bond acceptors (Lipinski definition) is 3. The molecule has 2 bridgehead atoms. The maximum absolute atomic E-state index is 10.1. The summed E-state index contributed by atoms with van der Waals surface area (Å²) in [4.78, 5) is 5.38. The van der Waals surface area contributed by atoms with Crippen molar-refractivity contribution < 1.29 is 5.11 Å². The summed E-state index contributed by atoms with van der Waals surface area (Å²) in [6.45, 7) is 2.27. The van der Waals surface area contributed by atoms with Crippen molar-refractivity contribution in [1.82, 2.24) is 9.80 Å². The highest BCUT2D eigenvalue weighted by atomic mass is 16.3. The van der Waals surface area contributed by atoms with E-state index in [1.807, 2.05) is 0 Å². The lowest BCUT2D eigenvalue weighted by Crippen LogP contribution is -2.64. The van der Waals surface area contributed by atoms with E-state index < -0.39 is 0 Å². The summed E-state index contributed by atoms with van der Waals surface area (Å²) in [6.07, 6.45) is 4.45. The molecule has 2 aromatic carbocycles. The third-order valence-electron chi connectivity index (χ3n) is 6.67. The van der Waals surface area contributed by atoms with Gasteiger partial charge in [-0.1, -0.05) is 60.7 Å². The first-order valence-corrected chi connectivity index (χ1v) is 10.1. The van der Waals surface area contributed by atoms with Crippen LogP contribution < -0.4 is 0 Å². The predicted octanol–water partition coefficient (Wildman–Crippen LogP) is 3.45. The molecule has 5 rings (SSSR count). The molecule has 136 valence electrons. The molecule has 0 spiro atoms. The minimum Gasteiger partial charge on any atom is -0.393 e. The van der Waals surface area contributed by atoms with Gasteiger partial charge in [-0.15, -0.1) is 0 Å². The lowest BCUT2D eigenvalue weighted by molar-refractivity contribution is -0.0521. The standard InChI is InChI=1S/C23H28N2O/c26-22-13-19-11-12-20(14-22)25(19)21-15-24(16-21)23(17-7-3-1-4-8-17)18-9-5-2-6-10-18/h1-10,19-23,26H,11-16H2/t19-,20+,22?. The first kappa shape index (κ1) is 16.5. The van der Waals surface area contributed by atoms with Gasteiger partial charge in [-0.3, -0.25) is 9.80 Å². The van der Waals surface area contributed by atoms with Gasteiger partial charge >= 0.3 is 0 Å². The van der Waals surface area contributed by atoms with Gasteiger partial charge in [0.2, 0.25) is 0 Å². The summed E-state index contributed by atoms with van der Waals surface area (Å²) in [6, 6.07) is 24.0. The van der Waals surface area contributed by atoms with Gasteiger partial charge in [0.25, 0.3) is 0 Å². The van der Waals surface area contributed by atoms with Gasteiger partial charge in [0.15, 0.2) is 0 Å². The van der Waals surface area contributed by atoms with Crippen LogP contribution in [0.2, 0.25) is 0 Å². The van der Waals surface area contributed by atoms with Crippen LogP contribution in [0.3, 0.4) is 0 Å². The second kappa shape index (κ2) is 6.80. The number of likely N-dealkylation sites (tertiary alicyclic amines) is 1. The number of aliphatic hydroxyl groups excluding tert-OH is 1. The smallest absolute Gasteiger partial charge is 0.0602 e. The highest BCUT2D eigenvalue weighted by Gasteiger charge is 2.47. The van der Waals surface area contributed by atoms with Crippen LogP contribution in [-0.4, -0.2) is 52.2 Å². The Balaban J connectivity index is 1.34. The van der Waals surface area contributed by atoms with Gasteiger partial charge in [-0.05, 0) is 36.8 Å². The quantitative estimate of drug-likeness (QED) is 0.917. The average molecular weight is 348 g/mol. The molecular weight excluding hydrogens is 320 g/mol. The monoisotopic (exact) mass is 348 g/mol. The Kier molecular flexibility index (Phi) is 4.32. The summed E-state index contributed by atoms with van der Waals surface area (Å²) in [7, 11) is 0. The van der Waals surface area contributed by atoms with Gasteiger partial charge in [0.1, 0.15) is 0 Å². The van der Waals surface area contributed by atoms with Crippen molar-refractivity contribution >= 4 is 0 Å². The minimum atomic E-state index is -0.0682. The normalized spacial score (nSPS) is 29.8. The lowest BCUT2D eigenvalue weighted by Gasteiger charge is -2.53. The third-order valence-corrected chi connectivity index (χ3v) is 6.67. The Morgan fingerprint density at radius 3 is 1.73 bits per heavy atom. The van der Waals surface area contributed by atoms with E-state index in [1.165, 1.54) is 24.0 Å². The van der Waals surface area contributed by atoms with E-state index >= 15 is 0 Å². The molecule has 0 saturated carbocycles. The number of benzene rings is 2. The molecule has 0 radical (unpaired) electrons. The van der Waals surface area contributed by atoms with Gasteiger partial charge in [0, 0.05) is 31.2 Å². The lowest BCUT2D eigenvalue weighted by atomic mass is 9.90. The summed E-state index contributed by atoms with van der Waals surface area (Å²) in [5, 5.41) is 10.1. The number of rotatable bonds is 4. The number of piperidine rings is 1. The van der Waals surface area contributed by atoms with E-state index in [4.69, 9.17) is 0 Å². The highest BCUT2D eigenvalue weighted by molar-refractivity contribution is 5.32. The van der Waals surface area contributed by atoms with Crippen LogP contribution in [0, 0.1) is 0 Å². The van der Waals surface area contributed by atoms with Crippen LogP contribution in [0.25, 0.3) is 0 Å². The molecule has 3 aliphatic rings. The van der Waals surface area contributed by atoms with Gasteiger partial charge in [-0.25, -0.2) is 0 Å². The number of nitrogens with zero attached hydrogens (tertiary/aromatic N) is 2. The van der Waals surface area contributed by atoms with Gasteiger partial charge < -0.3 is 5.11 Å². The second-order valence-electron chi connectivity index (χ2n) is 8.29.